The van der Waals surface area contributed by atoms with Gasteiger partial charge in [0.2, 0.25) is 0 Å². The number of thiazole rings is 1. The highest BCUT2D eigenvalue weighted by molar-refractivity contribution is 14.0. The van der Waals surface area contributed by atoms with E-state index in [4.69, 9.17) is 0 Å². The van der Waals surface area contributed by atoms with Gasteiger partial charge in [-0.3, -0.25) is 9.89 Å². The number of para-hydroxylation sites is 1. The molecule has 0 bridgehead atoms. The highest BCUT2D eigenvalue weighted by atomic mass is 127. The third-order valence-corrected chi connectivity index (χ3v) is 6.29. The molecule has 1 aromatic heterocycles. The van der Waals surface area contributed by atoms with Crippen LogP contribution in [0, 0.1) is 19.7 Å². The van der Waals surface area contributed by atoms with Crippen molar-refractivity contribution in [2.45, 2.75) is 26.8 Å². The quantitative estimate of drug-likeness (QED) is 0.242. The zero-order valence-corrected chi connectivity index (χ0v) is 21.1. The maximum Gasteiger partial charge on any atom is 0.191 e. The van der Waals surface area contributed by atoms with Crippen LogP contribution < -0.4 is 15.5 Å². The maximum absolute atomic E-state index is 13.9. The molecule has 6 nitrogen and oxygen atoms in total. The molecule has 2 aromatic rings. The molecule has 0 radical (unpaired) electrons. The summed E-state index contributed by atoms with van der Waals surface area (Å²) in [5.41, 5.74) is 1.82. The SMILES string of the molecule is CN=C(NCCCN1CCN(c2ccccc2F)CC1)NCc1nc(C)c(C)s1.I. The summed E-state index contributed by atoms with van der Waals surface area (Å²) in [6.45, 7) is 10.4. The van der Waals surface area contributed by atoms with Crippen LogP contribution in [0.5, 0.6) is 0 Å². The second kappa shape index (κ2) is 12.4. The summed E-state index contributed by atoms with van der Waals surface area (Å²) in [6, 6.07) is 7.03. The number of aromatic nitrogens is 1. The van der Waals surface area contributed by atoms with Crippen LogP contribution in [0.4, 0.5) is 10.1 Å². The number of halogens is 2. The third-order valence-electron chi connectivity index (χ3n) is 5.21. The highest BCUT2D eigenvalue weighted by Crippen LogP contribution is 2.20. The van der Waals surface area contributed by atoms with Gasteiger partial charge in [0.25, 0.3) is 0 Å². The molecule has 1 fully saturated rings. The molecule has 1 aliphatic heterocycles. The number of piperazine rings is 1. The molecule has 0 amide bonds. The monoisotopic (exact) mass is 546 g/mol. The van der Waals surface area contributed by atoms with E-state index in [1.807, 2.05) is 19.1 Å². The van der Waals surface area contributed by atoms with Gasteiger partial charge in [0.1, 0.15) is 10.8 Å². The summed E-state index contributed by atoms with van der Waals surface area (Å²) >= 11 is 1.72. The first-order valence-corrected chi connectivity index (χ1v) is 11.0. The van der Waals surface area contributed by atoms with E-state index in [0.717, 1.165) is 62.4 Å². The summed E-state index contributed by atoms with van der Waals surface area (Å²) in [7, 11) is 1.79. The van der Waals surface area contributed by atoms with Gasteiger partial charge < -0.3 is 15.5 Å². The summed E-state index contributed by atoms with van der Waals surface area (Å²) in [4.78, 5) is 14.7. The summed E-state index contributed by atoms with van der Waals surface area (Å²) < 4.78 is 13.9. The van der Waals surface area contributed by atoms with Crippen molar-refractivity contribution < 1.29 is 4.39 Å². The van der Waals surface area contributed by atoms with E-state index in [1.165, 1.54) is 10.9 Å². The number of guanidine groups is 1. The Morgan fingerprint density at radius 2 is 1.90 bits per heavy atom. The van der Waals surface area contributed by atoms with E-state index >= 15 is 0 Å². The molecule has 1 aromatic carbocycles. The summed E-state index contributed by atoms with van der Waals surface area (Å²) in [5, 5.41) is 7.78. The van der Waals surface area contributed by atoms with Crippen molar-refractivity contribution in [2.75, 3.05) is 51.2 Å². The van der Waals surface area contributed by atoms with Gasteiger partial charge in [-0.05, 0) is 38.9 Å². The molecule has 30 heavy (non-hydrogen) atoms. The molecule has 2 N–H and O–H groups in total. The lowest BCUT2D eigenvalue weighted by atomic mass is 10.2. The Morgan fingerprint density at radius 1 is 1.17 bits per heavy atom. The minimum atomic E-state index is -0.132. The standard InChI is InChI=1S/C21H31FN6S.HI/c1-16-17(2)29-20(26-16)15-25-21(23-3)24-9-6-10-27-11-13-28(14-12-27)19-8-5-4-7-18(19)22;/h4-5,7-8H,6,9-15H2,1-3H3,(H2,23,24,25);1H. The topological polar surface area (TPSA) is 55.8 Å². The number of aryl methyl sites for hydroxylation is 2. The van der Waals surface area contributed by atoms with E-state index < -0.39 is 0 Å². The molecule has 0 atom stereocenters. The van der Waals surface area contributed by atoms with Gasteiger partial charge in [-0.25, -0.2) is 9.37 Å². The van der Waals surface area contributed by atoms with E-state index in [0.29, 0.717) is 12.2 Å². The van der Waals surface area contributed by atoms with Crippen molar-refractivity contribution >= 4 is 47.0 Å². The fourth-order valence-electron chi connectivity index (χ4n) is 3.42. The van der Waals surface area contributed by atoms with Crippen LogP contribution in [0.2, 0.25) is 0 Å². The van der Waals surface area contributed by atoms with Gasteiger partial charge in [-0.15, -0.1) is 35.3 Å². The number of nitrogens with zero attached hydrogens (tertiary/aromatic N) is 4. The third kappa shape index (κ3) is 7.05. The maximum atomic E-state index is 13.9. The zero-order chi connectivity index (χ0) is 20.6. The smallest absolute Gasteiger partial charge is 0.191 e. The lowest BCUT2D eigenvalue weighted by Gasteiger charge is -2.36. The number of aliphatic imine (C=N–C) groups is 1. The first-order valence-electron chi connectivity index (χ1n) is 10.2. The van der Waals surface area contributed by atoms with Crippen LogP contribution in [-0.4, -0.2) is 62.2 Å². The first kappa shape index (κ1) is 24.8. The van der Waals surface area contributed by atoms with Crippen molar-refractivity contribution in [3.63, 3.8) is 0 Å². The number of rotatable bonds is 7. The van der Waals surface area contributed by atoms with Gasteiger partial charge >= 0.3 is 0 Å². The molecule has 9 heteroatoms. The predicted molar refractivity (Wildman–Crippen MR) is 135 cm³/mol. The Balaban J connectivity index is 0.00000320. The first-order chi connectivity index (χ1) is 14.1. The molecular formula is C21H32FIN6S. The average molecular weight is 546 g/mol. The normalized spacial score (nSPS) is 15.1. The van der Waals surface area contributed by atoms with E-state index in [-0.39, 0.29) is 29.8 Å². The van der Waals surface area contributed by atoms with Crippen LogP contribution in [0.1, 0.15) is 22.0 Å². The Hall–Kier alpha value is -1.46. The Kier molecular flexibility index (Phi) is 10.3. The molecule has 1 aliphatic rings. The molecule has 0 spiro atoms. The largest absolute Gasteiger partial charge is 0.367 e. The Bertz CT molecular complexity index is 800. The van der Waals surface area contributed by atoms with Gasteiger partial charge in [0.05, 0.1) is 17.9 Å². The minimum Gasteiger partial charge on any atom is -0.367 e. The van der Waals surface area contributed by atoms with Crippen LogP contribution in [0.3, 0.4) is 0 Å². The van der Waals surface area contributed by atoms with E-state index in [1.54, 1.807) is 24.5 Å². The van der Waals surface area contributed by atoms with E-state index in [9.17, 15) is 4.39 Å². The van der Waals surface area contributed by atoms with Gasteiger partial charge in [-0.2, -0.15) is 0 Å². The molecule has 0 unspecified atom stereocenters. The molecule has 1 saturated heterocycles. The van der Waals surface area contributed by atoms with Crippen LogP contribution in [0.15, 0.2) is 29.3 Å². The van der Waals surface area contributed by atoms with Gasteiger partial charge in [-0.1, -0.05) is 12.1 Å². The number of hydrogen-bond acceptors (Lipinski definition) is 5. The van der Waals surface area contributed by atoms with Crippen molar-refractivity contribution in [1.82, 2.24) is 20.5 Å². The van der Waals surface area contributed by atoms with Crippen molar-refractivity contribution in [1.29, 1.82) is 0 Å². The zero-order valence-electron chi connectivity index (χ0n) is 17.9. The van der Waals surface area contributed by atoms with Crippen LogP contribution >= 0.6 is 35.3 Å². The molecule has 0 aliphatic carbocycles. The number of nitrogens with one attached hydrogen (secondary N) is 2. The van der Waals surface area contributed by atoms with Gasteiger partial charge in [0.15, 0.2) is 5.96 Å². The average Bonchev–Trinajstić information content (AvgIpc) is 3.06. The van der Waals surface area contributed by atoms with E-state index in [2.05, 4.69) is 37.3 Å². The lowest BCUT2D eigenvalue weighted by Crippen LogP contribution is -2.47. The number of hydrogen-bond donors (Lipinski definition) is 2. The predicted octanol–water partition coefficient (Wildman–Crippen LogP) is 3.39. The Labute approximate surface area is 200 Å². The Morgan fingerprint density at radius 3 is 2.53 bits per heavy atom. The summed E-state index contributed by atoms with van der Waals surface area (Å²) in [6.07, 6.45) is 1.04. The minimum absolute atomic E-state index is 0. The van der Waals surface area contributed by atoms with Crippen molar-refractivity contribution in [3.8, 4) is 0 Å². The fourth-order valence-corrected chi connectivity index (χ4v) is 4.30. The fraction of sp³-hybridized carbons (Fsp3) is 0.524. The van der Waals surface area contributed by atoms with Crippen LogP contribution in [-0.2, 0) is 6.54 Å². The number of anilines is 1. The van der Waals surface area contributed by atoms with Crippen LogP contribution in [0.25, 0.3) is 0 Å². The van der Waals surface area contributed by atoms with Crippen molar-refractivity contribution in [2.24, 2.45) is 4.99 Å². The highest BCUT2D eigenvalue weighted by Gasteiger charge is 2.18. The number of benzene rings is 1. The lowest BCUT2D eigenvalue weighted by molar-refractivity contribution is 0.254. The second-order valence-corrected chi connectivity index (χ2v) is 8.52. The molecule has 0 saturated carbocycles. The molecule has 3 rings (SSSR count). The molecular weight excluding hydrogens is 514 g/mol. The molecule has 166 valence electrons. The van der Waals surface area contributed by atoms with Crippen molar-refractivity contribution in [3.05, 3.63) is 45.7 Å². The summed E-state index contributed by atoms with van der Waals surface area (Å²) in [5.74, 6) is 0.673. The van der Waals surface area contributed by atoms with Gasteiger partial charge in [0, 0.05) is 44.6 Å². The molecule has 2 heterocycles. The second-order valence-electron chi connectivity index (χ2n) is 7.24.